The van der Waals surface area contributed by atoms with Gasteiger partial charge in [0.1, 0.15) is 5.82 Å². The van der Waals surface area contributed by atoms with Gasteiger partial charge in [0.15, 0.2) is 6.61 Å². The third kappa shape index (κ3) is 7.10. The molecule has 0 aliphatic heterocycles. The van der Waals surface area contributed by atoms with E-state index in [0.717, 1.165) is 0 Å². The minimum atomic E-state index is -0.593. The maximum atomic E-state index is 13.5. The van der Waals surface area contributed by atoms with Crippen molar-refractivity contribution < 1.29 is 23.5 Å². The van der Waals surface area contributed by atoms with Gasteiger partial charge in [-0.1, -0.05) is 30.3 Å². The second kappa shape index (κ2) is 10.3. The Morgan fingerprint density at radius 3 is 2.52 bits per heavy atom. The molecule has 0 aromatic heterocycles. The molecule has 2 amide bonds. The zero-order valence-corrected chi connectivity index (χ0v) is 15.3. The van der Waals surface area contributed by atoms with Gasteiger partial charge >= 0.3 is 5.97 Å². The molecule has 3 N–H and O–H groups in total. The summed E-state index contributed by atoms with van der Waals surface area (Å²) >= 11 is 1.20. The number of carbonyl (C=O) groups excluding carboxylic acids is 3. The molecule has 0 radical (unpaired) electrons. The van der Waals surface area contributed by atoms with Crippen LogP contribution in [0.25, 0.3) is 0 Å². The van der Waals surface area contributed by atoms with Gasteiger partial charge in [0.05, 0.1) is 11.4 Å². The average Bonchev–Trinajstić information content (AvgIpc) is 2.65. The monoisotopic (exact) mass is 390 g/mol. The van der Waals surface area contributed by atoms with Crippen LogP contribution in [-0.2, 0) is 25.5 Å². The summed E-state index contributed by atoms with van der Waals surface area (Å²) in [6.45, 7) is -0.453. The van der Waals surface area contributed by atoms with E-state index >= 15 is 0 Å². The summed E-state index contributed by atoms with van der Waals surface area (Å²) < 4.78 is 18.4. The number of thioether (sulfide) groups is 1. The molecule has 6 nitrogen and oxygen atoms in total. The lowest BCUT2D eigenvalue weighted by Crippen LogP contribution is -2.21. The molecule has 0 saturated carbocycles. The zero-order chi connectivity index (χ0) is 19.6. The molecule has 2 aromatic rings. The van der Waals surface area contributed by atoms with Crippen LogP contribution in [0, 0.1) is 5.82 Å². The van der Waals surface area contributed by atoms with Crippen LogP contribution in [0.5, 0.6) is 0 Å². The number of benzene rings is 2. The Hall–Kier alpha value is -2.87. The van der Waals surface area contributed by atoms with Crippen molar-refractivity contribution in [2.75, 3.05) is 17.7 Å². The summed E-state index contributed by atoms with van der Waals surface area (Å²) in [5.74, 6) is -1.87. The van der Waals surface area contributed by atoms with Gasteiger partial charge in [0.2, 0.25) is 5.91 Å². The summed E-state index contributed by atoms with van der Waals surface area (Å²) in [6, 6.07) is 13.1. The number of hydrogen-bond donors (Lipinski definition) is 2. The molecule has 0 atom stereocenters. The van der Waals surface area contributed by atoms with Crippen LogP contribution in [0.3, 0.4) is 0 Å². The molecule has 0 aliphatic carbocycles. The number of anilines is 1. The summed E-state index contributed by atoms with van der Waals surface area (Å²) in [4.78, 5) is 35.3. The van der Waals surface area contributed by atoms with Crippen LogP contribution in [0.4, 0.5) is 10.1 Å². The number of primary amides is 1. The lowest BCUT2D eigenvalue weighted by atomic mass is 10.1. The van der Waals surface area contributed by atoms with E-state index in [2.05, 4.69) is 5.32 Å². The van der Waals surface area contributed by atoms with Gasteiger partial charge in [-0.3, -0.25) is 14.4 Å². The van der Waals surface area contributed by atoms with Crippen molar-refractivity contribution in [3.05, 3.63) is 59.9 Å². The van der Waals surface area contributed by atoms with E-state index in [1.165, 1.54) is 17.8 Å². The highest BCUT2D eigenvalue weighted by molar-refractivity contribution is 8.00. The van der Waals surface area contributed by atoms with Crippen molar-refractivity contribution in [1.29, 1.82) is 0 Å². The van der Waals surface area contributed by atoms with E-state index in [0.29, 0.717) is 16.1 Å². The van der Waals surface area contributed by atoms with Gasteiger partial charge in [0.25, 0.3) is 5.91 Å². The number of aryl methyl sites for hydroxylation is 1. The maximum absolute atomic E-state index is 13.5. The highest BCUT2D eigenvalue weighted by Crippen LogP contribution is 2.26. The number of carbonyl (C=O) groups is 3. The largest absolute Gasteiger partial charge is 0.456 e. The fourth-order valence-electron chi connectivity index (χ4n) is 2.19. The third-order valence-corrected chi connectivity index (χ3v) is 4.55. The van der Waals surface area contributed by atoms with E-state index < -0.39 is 24.4 Å². The highest BCUT2D eigenvalue weighted by Gasteiger charge is 2.12. The van der Waals surface area contributed by atoms with Crippen LogP contribution >= 0.6 is 11.8 Å². The number of hydrogen-bond acceptors (Lipinski definition) is 5. The van der Waals surface area contributed by atoms with Crippen LogP contribution in [0.15, 0.2) is 53.4 Å². The van der Waals surface area contributed by atoms with Crippen molar-refractivity contribution in [2.45, 2.75) is 17.7 Å². The van der Waals surface area contributed by atoms with Crippen LogP contribution in [0.2, 0.25) is 0 Å². The number of nitrogens with one attached hydrogen (secondary N) is 1. The predicted molar refractivity (Wildman–Crippen MR) is 101 cm³/mol. The Kier molecular flexibility index (Phi) is 7.81. The molecular weight excluding hydrogens is 371 g/mol. The van der Waals surface area contributed by atoms with Gasteiger partial charge < -0.3 is 15.8 Å². The average molecular weight is 390 g/mol. The Bertz CT molecular complexity index is 829. The van der Waals surface area contributed by atoms with Crippen molar-refractivity contribution in [3.63, 3.8) is 0 Å². The first-order chi connectivity index (χ1) is 13.0. The molecular formula is C19H19FN2O4S. The fourth-order valence-corrected chi connectivity index (χ4v) is 2.93. The van der Waals surface area contributed by atoms with Gasteiger partial charge in [-0.2, -0.15) is 0 Å². The second-order valence-corrected chi connectivity index (χ2v) is 6.57. The lowest BCUT2D eigenvalue weighted by molar-refractivity contribution is -0.147. The molecule has 0 bridgehead atoms. The molecule has 2 rings (SSSR count). The first kappa shape index (κ1) is 20.4. The summed E-state index contributed by atoms with van der Waals surface area (Å²) in [7, 11) is 0. The summed E-state index contributed by atoms with van der Waals surface area (Å²) in [6.07, 6.45) is 0.166. The molecule has 0 aliphatic rings. The first-order valence-corrected chi connectivity index (χ1v) is 9.13. The SMILES string of the molecule is NC(=O)CSc1ccccc1NC(=O)COC(=O)CCc1ccccc1F. The van der Waals surface area contributed by atoms with Gasteiger partial charge in [-0.25, -0.2) is 4.39 Å². The molecule has 0 saturated heterocycles. The molecule has 8 heteroatoms. The molecule has 27 heavy (non-hydrogen) atoms. The van der Waals surface area contributed by atoms with Crippen molar-refractivity contribution >= 4 is 35.2 Å². The van der Waals surface area contributed by atoms with Crippen LogP contribution in [-0.4, -0.2) is 30.1 Å². The van der Waals surface area contributed by atoms with Gasteiger partial charge in [-0.15, -0.1) is 11.8 Å². The van der Waals surface area contributed by atoms with E-state index in [1.807, 2.05) is 0 Å². The number of halogens is 1. The highest BCUT2D eigenvalue weighted by atomic mass is 32.2. The number of rotatable bonds is 9. The Labute approximate surface area is 160 Å². The smallest absolute Gasteiger partial charge is 0.306 e. The minimum absolute atomic E-state index is 0.0285. The van der Waals surface area contributed by atoms with Crippen LogP contribution < -0.4 is 11.1 Å². The number of para-hydroxylation sites is 1. The normalized spacial score (nSPS) is 10.3. The summed E-state index contributed by atoms with van der Waals surface area (Å²) in [5, 5.41) is 2.62. The molecule has 142 valence electrons. The maximum Gasteiger partial charge on any atom is 0.306 e. The fraction of sp³-hybridized carbons (Fsp3) is 0.211. The van der Waals surface area contributed by atoms with E-state index in [9.17, 15) is 18.8 Å². The number of ether oxygens (including phenoxy) is 1. The Morgan fingerprint density at radius 2 is 1.78 bits per heavy atom. The van der Waals surface area contributed by atoms with Gasteiger partial charge in [-0.05, 0) is 30.2 Å². The first-order valence-electron chi connectivity index (χ1n) is 8.14. The minimum Gasteiger partial charge on any atom is -0.456 e. The van der Waals surface area contributed by atoms with Gasteiger partial charge in [0, 0.05) is 11.3 Å². The molecule has 2 aromatic carbocycles. The van der Waals surface area contributed by atoms with E-state index in [1.54, 1.807) is 42.5 Å². The van der Waals surface area contributed by atoms with Crippen molar-refractivity contribution in [2.24, 2.45) is 5.73 Å². The molecule has 0 unspecified atom stereocenters. The van der Waals surface area contributed by atoms with E-state index in [-0.39, 0.29) is 24.4 Å². The Balaban J connectivity index is 1.80. The molecule has 0 spiro atoms. The van der Waals surface area contributed by atoms with Crippen molar-refractivity contribution in [1.82, 2.24) is 0 Å². The summed E-state index contributed by atoms with van der Waals surface area (Å²) in [5.41, 5.74) is 6.04. The second-order valence-electron chi connectivity index (χ2n) is 5.55. The topological polar surface area (TPSA) is 98.5 Å². The lowest BCUT2D eigenvalue weighted by Gasteiger charge is -2.10. The predicted octanol–water partition coefficient (Wildman–Crippen LogP) is 2.52. The number of amides is 2. The quantitative estimate of drug-likeness (QED) is 0.506. The molecule has 0 fully saturated rings. The number of nitrogens with two attached hydrogens (primary N) is 1. The van der Waals surface area contributed by atoms with Crippen LogP contribution in [0.1, 0.15) is 12.0 Å². The van der Waals surface area contributed by atoms with E-state index in [4.69, 9.17) is 10.5 Å². The Morgan fingerprint density at radius 1 is 1.07 bits per heavy atom. The zero-order valence-electron chi connectivity index (χ0n) is 14.4. The molecule has 0 heterocycles. The number of esters is 1. The van der Waals surface area contributed by atoms with Crippen molar-refractivity contribution in [3.8, 4) is 0 Å². The third-order valence-electron chi connectivity index (χ3n) is 3.45. The standard InChI is InChI=1S/C19H19FN2O4S/c20-14-6-2-1-5-13(14)9-10-19(25)26-11-18(24)22-15-7-3-4-8-16(15)27-12-17(21)23/h1-8H,9-12H2,(H2,21,23)(H,22,24).